The van der Waals surface area contributed by atoms with E-state index in [1.54, 1.807) is 30.3 Å². The zero-order valence-corrected chi connectivity index (χ0v) is 9.04. The summed E-state index contributed by atoms with van der Waals surface area (Å²) in [6.45, 7) is 0. The fourth-order valence-electron chi connectivity index (χ4n) is 1.01. The maximum atomic E-state index is 11.2. The zero-order chi connectivity index (χ0) is 12.8. The molecule has 3 N–H and O–H groups in total. The van der Waals surface area contributed by atoms with Gasteiger partial charge in [-0.15, -0.1) is 4.90 Å². The van der Waals surface area contributed by atoms with E-state index < -0.39 is 18.1 Å². The van der Waals surface area contributed by atoms with E-state index in [0.29, 0.717) is 5.75 Å². The first-order chi connectivity index (χ1) is 8.06. The van der Waals surface area contributed by atoms with Crippen molar-refractivity contribution < 1.29 is 19.1 Å². The second-order valence-electron chi connectivity index (χ2n) is 2.86. The lowest BCUT2D eigenvalue weighted by molar-refractivity contribution is 0.145. The Kier molecular flexibility index (Phi) is 4.04. The topological polar surface area (TPSA) is 106 Å². The van der Waals surface area contributed by atoms with Crippen LogP contribution < -0.4 is 10.5 Å². The van der Waals surface area contributed by atoms with Crippen molar-refractivity contribution in [2.75, 3.05) is 7.11 Å². The lowest BCUT2D eigenvalue weighted by Crippen LogP contribution is -2.46. The maximum Gasteiger partial charge on any atom is 0.426 e. The number of nitrogens with zero attached hydrogens (tertiary/aromatic N) is 1. The highest BCUT2D eigenvalue weighted by Crippen LogP contribution is 2.10. The molecule has 0 radical (unpaired) electrons. The van der Waals surface area contributed by atoms with Crippen molar-refractivity contribution in [1.29, 1.82) is 5.41 Å². The van der Waals surface area contributed by atoms with Crippen LogP contribution in [0.5, 0.6) is 5.75 Å². The third-order valence-corrected chi connectivity index (χ3v) is 1.74. The van der Waals surface area contributed by atoms with Crippen LogP contribution in [-0.4, -0.2) is 30.2 Å². The third-order valence-electron chi connectivity index (χ3n) is 1.74. The van der Waals surface area contributed by atoms with E-state index in [0.717, 1.165) is 7.11 Å². The Balaban J connectivity index is 2.80. The number of urea groups is 1. The lowest BCUT2D eigenvalue weighted by Gasteiger charge is -2.16. The Morgan fingerprint density at radius 2 is 1.88 bits per heavy atom. The molecule has 0 heterocycles. The lowest BCUT2D eigenvalue weighted by atomic mass is 10.3. The number of methoxy groups -OCH3 is 1. The van der Waals surface area contributed by atoms with Crippen LogP contribution in [0.2, 0.25) is 0 Å². The summed E-state index contributed by atoms with van der Waals surface area (Å²) in [5.74, 6) is 0.299. The molecule has 0 fully saturated rings. The average Bonchev–Trinajstić information content (AvgIpc) is 2.29. The van der Waals surface area contributed by atoms with E-state index in [9.17, 15) is 9.59 Å². The molecule has 7 nitrogen and oxygen atoms in total. The smallest absolute Gasteiger partial charge is 0.426 e. The summed E-state index contributed by atoms with van der Waals surface area (Å²) in [6, 6.07) is 6.34. The number of carbonyl (C=O) groups excluding carboxylic acids is 2. The van der Waals surface area contributed by atoms with Crippen LogP contribution in [0.15, 0.2) is 30.3 Å². The monoisotopic (exact) mass is 237 g/mol. The van der Waals surface area contributed by atoms with Crippen molar-refractivity contribution in [3.8, 4) is 5.75 Å². The van der Waals surface area contributed by atoms with E-state index in [1.807, 2.05) is 0 Å². The largest absolute Gasteiger partial charge is 0.452 e. The molecule has 0 aliphatic rings. The number of hydrogen-bond donors (Lipinski definition) is 2. The molecule has 1 aromatic rings. The molecule has 1 rings (SSSR count). The van der Waals surface area contributed by atoms with Gasteiger partial charge < -0.3 is 15.2 Å². The number of rotatable bonds is 1. The van der Waals surface area contributed by atoms with Gasteiger partial charge in [-0.3, -0.25) is 5.41 Å². The Morgan fingerprint density at radius 3 is 2.35 bits per heavy atom. The predicted molar refractivity (Wildman–Crippen MR) is 58.6 cm³/mol. The van der Waals surface area contributed by atoms with E-state index in [2.05, 4.69) is 4.74 Å². The van der Waals surface area contributed by atoms with Gasteiger partial charge in [-0.05, 0) is 12.1 Å². The van der Waals surface area contributed by atoms with Crippen LogP contribution in [0.4, 0.5) is 9.59 Å². The highest BCUT2D eigenvalue weighted by molar-refractivity contribution is 6.06. The quantitative estimate of drug-likeness (QED) is 0.564. The standard InChI is InChI=1S/C10H11N3O4/c1-16-10(15)13(8(11)14)9(12)17-7-5-3-2-4-6-7/h2-6,12H,1H3,(H2,11,14). The summed E-state index contributed by atoms with van der Waals surface area (Å²) in [5.41, 5.74) is 4.93. The maximum absolute atomic E-state index is 11.2. The number of imide groups is 1. The Morgan fingerprint density at radius 1 is 1.29 bits per heavy atom. The first-order valence-electron chi connectivity index (χ1n) is 4.55. The Labute approximate surface area is 97.2 Å². The van der Waals surface area contributed by atoms with Gasteiger partial charge in [-0.25, -0.2) is 9.59 Å². The molecule has 3 amide bonds. The first kappa shape index (κ1) is 12.5. The van der Waals surface area contributed by atoms with E-state index >= 15 is 0 Å². The van der Waals surface area contributed by atoms with Crippen LogP contribution in [0, 0.1) is 5.41 Å². The summed E-state index contributed by atoms with van der Waals surface area (Å²) in [4.78, 5) is 22.4. The van der Waals surface area contributed by atoms with E-state index in [-0.39, 0.29) is 4.90 Å². The van der Waals surface area contributed by atoms with Gasteiger partial charge in [0, 0.05) is 0 Å². The van der Waals surface area contributed by atoms with Gasteiger partial charge in [0.1, 0.15) is 5.75 Å². The van der Waals surface area contributed by atoms with Gasteiger partial charge in [0.15, 0.2) is 0 Å². The van der Waals surface area contributed by atoms with Crippen molar-refractivity contribution >= 4 is 18.1 Å². The molecule has 0 atom stereocenters. The third kappa shape index (κ3) is 3.20. The summed E-state index contributed by atoms with van der Waals surface area (Å²) < 4.78 is 9.27. The van der Waals surface area contributed by atoms with Crippen molar-refractivity contribution in [1.82, 2.24) is 4.90 Å². The predicted octanol–water partition coefficient (Wildman–Crippen LogP) is 1.15. The van der Waals surface area contributed by atoms with Gasteiger partial charge in [0.2, 0.25) is 0 Å². The highest BCUT2D eigenvalue weighted by Gasteiger charge is 2.26. The fraction of sp³-hybridized carbons (Fsp3) is 0.100. The highest BCUT2D eigenvalue weighted by atomic mass is 16.6. The average molecular weight is 237 g/mol. The zero-order valence-electron chi connectivity index (χ0n) is 9.04. The molecule has 0 aromatic heterocycles. The Hall–Kier alpha value is -2.57. The SMILES string of the molecule is COC(=O)N(C(=N)Oc1ccccc1)C(N)=O. The first-order valence-corrected chi connectivity index (χ1v) is 4.55. The van der Waals surface area contributed by atoms with Crippen molar-refractivity contribution in [3.05, 3.63) is 30.3 Å². The molecule has 0 aliphatic heterocycles. The molecule has 0 saturated carbocycles. The second-order valence-corrected chi connectivity index (χ2v) is 2.86. The molecular weight excluding hydrogens is 226 g/mol. The van der Waals surface area contributed by atoms with Crippen LogP contribution in [0.1, 0.15) is 0 Å². The summed E-state index contributed by atoms with van der Waals surface area (Å²) >= 11 is 0. The fourth-order valence-corrected chi connectivity index (χ4v) is 1.01. The number of amides is 3. The molecule has 7 heteroatoms. The van der Waals surface area contributed by atoms with Crippen LogP contribution >= 0.6 is 0 Å². The van der Waals surface area contributed by atoms with Crippen LogP contribution in [0.3, 0.4) is 0 Å². The number of nitrogens with two attached hydrogens (primary N) is 1. The number of nitrogens with one attached hydrogen (secondary N) is 1. The van der Waals surface area contributed by atoms with Crippen LogP contribution in [0.25, 0.3) is 0 Å². The number of ether oxygens (including phenoxy) is 2. The van der Waals surface area contributed by atoms with E-state index in [1.165, 1.54) is 0 Å². The molecule has 90 valence electrons. The normalized spacial score (nSPS) is 9.24. The molecule has 17 heavy (non-hydrogen) atoms. The molecule has 0 unspecified atom stereocenters. The second kappa shape index (κ2) is 5.50. The minimum atomic E-state index is -1.15. The molecule has 0 aliphatic carbocycles. The molecule has 0 saturated heterocycles. The number of amidine groups is 1. The number of primary amides is 1. The summed E-state index contributed by atoms with van der Waals surface area (Å²) in [5, 5.41) is 7.45. The molecule has 1 aromatic carbocycles. The minimum absolute atomic E-state index is 0.271. The van der Waals surface area contributed by atoms with Gasteiger partial charge in [-0.1, -0.05) is 18.2 Å². The van der Waals surface area contributed by atoms with Crippen molar-refractivity contribution in [2.24, 2.45) is 5.73 Å². The van der Waals surface area contributed by atoms with Crippen molar-refractivity contribution in [3.63, 3.8) is 0 Å². The summed E-state index contributed by atoms with van der Waals surface area (Å²) in [7, 11) is 1.06. The van der Waals surface area contributed by atoms with Crippen LogP contribution in [-0.2, 0) is 4.74 Å². The minimum Gasteiger partial charge on any atom is -0.452 e. The van der Waals surface area contributed by atoms with E-state index in [4.69, 9.17) is 15.9 Å². The van der Waals surface area contributed by atoms with Gasteiger partial charge >= 0.3 is 18.1 Å². The Bertz CT molecular complexity index is 432. The number of benzene rings is 1. The number of para-hydroxylation sites is 1. The molecular formula is C10H11N3O4. The van der Waals surface area contributed by atoms with Gasteiger partial charge in [0.05, 0.1) is 7.11 Å². The van der Waals surface area contributed by atoms with Gasteiger partial charge in [0.25, 0.3) is 0 Å². The number of carbonyl (C=O) groups is 2. The number of hydrogen-bond acceptors (Lipinski definition) is 5. The molecule has 0 bridgehead atoms. The molecule has 0 spiro atoms. The summed E-state index contributed by atoms with van der Waals surface area (Å²) in [6.07, 6.45) is -1.08. The van der Waals surface area contributed by atoms with Crippen molar-refractivity contribution in [2.45, 2.75) is 0 Å². The van der Waals surface area contributed by atoms with Gasteiger partial charge in [-0.2, -0.15) is 0 Å².